The Morgan fingerprint density at radius 3 is 2.53 bits per heavy atom. The third-order valence-corrected chi connectivity index (χ3v) is 4.22. The molecule has 0 aromatic carbocycles. The minimum atomic E-state index is -2.92. The van der Waals surface area contributed by atoms with E-state index in [1.54, 1.807) is 0 Å². The second-order valence-corrected chi connectivity index (χ2v) is 7.72. The maximum absolute atomic E-state index is 11.0. The molecule has 0 spiro atoms. The number of ether oxygens (including phenoxy) is 1. The minimum absolute atomic E-state index is 0.0713. The second kappa shape index (κ2) is 6.16. The molecule has 1 saturated heterocycles. The van der Waals surface area contributed by atoms with Gasteiger partial charge < -0.3 is 10.1 Å². The number of sulfone groups is 1. The number of nitrogens with one attached hydrogen (secondary N) is 1. The number of rotatable bonds is 5. The Hall–Kier alpha value is -0.130. The normalized spacial score (nSPS) is 32.4. The van der Waals surface area contributed by atoms with E-state index in [0.717, 1.165) is 6.42 Å². The summed E-state index contributed by atoms with van der Waals surface area (Å²) in [5.41, 5.74) is 0. The van der Waals surface area contributed by atoms with Crippen molar-refractivity contribution in [2.75, 3.05) is 18.6 Å². The lowest BCUT2D eigenvalue weighted by Gasteiger charge is -2.36. The Morgan fingerprint density at radius 1 is 1.35 bits per heavy atom. The molecule has 1 N–H and O–H groups in total. The Labute approximate surface area is 105 Å². The van der Waals surface area contributed by atoms with Crippen LogP contribution in [0.1, 0.15) is 33.6 Å². The molecule has 4 atom stereocenters. The Balaban J connectivity index is 2.34. The van der Waals surface area contributed by atoms with E-state index in [1.807, 2.05) is 6.92 Å². The van der Waals surface area contributed by atoms with Gasteiger partial charge in [-0.25, -0.2) is 8.42 Å². The summed E-state index contributed by atoms with van der Waals surface area (Å²) in [4.78, 5) is 0. The lowest BCUT2D eigenvalue weighted by Crippen LogP contribution is -2.49. The Kier molecular flexibility index (Phi) is 5.41. The van der Waals surface area contributed by atoms with Crippen molar-refractivity contribution >= 4 is 9.84 Å². The third kappa shape index (κ3) is 5.84. The molecule has 0 radical (unpaired) electrons. The Bertz CT molecular complexity index is 319. The average Bonchev–Trinajstić information content (AvgIpc) is 2.13. The van der Waals surface area contributed by atoms with Crippen LogP contribution in [0, 0.1) is 5.92 Å². The van der Waals surface area contributed by atoms with E-state index in [-0.39, 0.29) is 11.9 Å². The Morgan fingerprint density at radius 2 is 2.00 bits per heavy atom. The van der Waals surface area contributed by atoms with E-state index < -0.39 is 9.84 Å². The molecule has 1 aliphatic heterocycles. The molecule has 0 saturated carbocycles. The lowest BCUT2D eigenvalue weighted by atomic mass is 9.88. The van der Waals surface area contributed by atoms with Gasteiger partial charge in [0.25, 0.3) is 0 Å². The molecular formula is C12H25NO3S. The van der Waals surface area contributed by atoms with Crippen LogP contribution in [0.4, 0.5) is 0 Å². The number of hydrogen-bond acceptors (Lipinski definition) is 4. The van der Waals surface area contributed by atoms with Gasteiger partial charge in [-0.05, 0) is 32.6 Å². The van der Waals surface area contributed by atoms with Gasteiger partial charge in [0.05, 0.1) is 18.5 Å². The largest absolute Gasteiger partial charge is 0.376 e. The summed E-state index contributed by atoms with van der Waals surface area (Å²) < 4.78 is 27.6. The highest BCUT2D eigenvalue weighted by Crippen LogP contribution is 2.22. The topological polar surface area (TPSA) is 55.4 Å². The van der Waals surface area contributed by atoms with Crippen LogP contribution in [0.15, 0.2) is 0 Å². The molecule has 102 valence electrons. The molecule has 4 nitrogen and oxygen atoms in total. The molecule has 5 heteroatoms. The summed E-state index contributed by atoms with van der Waals surface area (Å²) in [6.45, 7) is 6.76. The third-order valence-electron chi connectivity index (χ3n) is 3.31. The highest BCUT2D eigenvalue weighted by Gasteiger charge is 2.27. The highest BCUT2D eigenvalue weighted by molar-refractivity contribution is 7.90. The van der Waals surface area contributed by atoms with Gasteiger partial charge in [-0.1, -0.05) is 6.92 Å². The molecule has 0 amide bonds. The molecule has 1 heterocycles. The predicted molar refractivity (Wildman–Crippen MR) is 69.9 cm³/mol. The molecule has 0 aliphatic carbocycles. The first-order valence-corrected chi connectivity index (χ1v) is 8.39. The first kappa shape index (κ1) is 14.9. The van der Waals surface area contributed by atoms with Crippen LogP contribution >= 0.6 is 0 Å². The van der Waals surface area contributed by atoms with Gasteiger partial charge in [0, 0.05) is 18.3 Å². The van der Waals surface area contributed by atoms with E-state index in [4.69, 9.17) is 4.74 Å². The molecule has 1 aliphatic rings. The zero-order valence-electron chi connectivity index (χ0n) is 11.3. The van der Waals surface area contributed by atoms with Crippen molar-refractivity contribution in [3.05, 3.63) is 0 Å². The van der Waals surface area contributed by atoms with E-state index in [1.165, 1.54) is 12.7 Å². The van der Waals surface area contributed by atoms with Crippen LogP contribution < -0.4 is 5.32 Å². The fourth-order valence-corrected chi connectivity index (χ4v) is 2.86. The second-order valence-electron chi connectivity index (χ2n) is 5.46. The molecular weight excluding hydrogens is 238 g/mol. The van der Waals surface area contributed by atoms with Crippen LogP contribution in [0.2, 0.25) is 0 Å². The fraction of sp³-hybridized carbons (Fsp3) is 1.00. The van der Waals surface area contributed by atoms with Crippen molar-refractivity contribution in [1.29, 1.82) is 0 Å². The summed E-state index contributed by atoms with van der Waals surface area (Å²) in [7, 11) is -2.92. The van der Waals surface area contributed by atoms with Gasteiger partial charge in [0.2, 0.25) is 0 Å². The summed E-state index contributed by atoms with van der Waals surface area (Å²) >= 11 is 0. The smallest absolute Gasteiger partial charge is 0.149 e. The van der Waals surface area contributed by atoms with Gasteiger partial charge >= 0.3 is 0 Å². The van der Waals surface area contributed by atoms with Gasteiger partial charge in [-0.3, -0.25) is 0 Å². The monoisotopic (exact) mass is 263 g/mol. The summed E-state index contributed by atoms with van der Waals surface area (Å²) in [6.07, 6.45) is 3.61. The highest BCUT2D eigenvalue weighted by atomic mass is 32.2. The van der Waals surface area contributed by atoms with Crippen molar-refractivity contribution in [3.8, 4) is 0 Å². The van der Waals surface area contributed by atoms with Gasteiger partial charge in [0.1, 0.15) is 9.84 Å². The zero-order chi connectivity index (χ0) is 13.1. The molecule has 1 fully saturated rings. The average molecular weight is 263 g/mol. The maximum Gasteiger partial charge on any atom is 0.149 e. The maximum atomic E-state index is 11.0. The van der Waals surface area contributed by atoms with Crippen molar-refractivity contribution in [1.82, 2.24) is 5.32 Å². The summed E-state index contributed by atoms with van der Waals surface area (Å²) in [5.74, 6) is 0.812. The number of hydrogen-bond donors (Lipinski definition) is 1. The van der Waals surface area contributed by atoms with E-state index in [2.05, 4.69) is 19.2 Å². The lowest BCUT2D eigenvalue weighted by molar-refractivity contribution is 0.0290. The first-order valence-electron chi connectivity index (χ1n) is 6.33. The van der Waals surface area contributed by atoms with Crippen molar-refractivity contribution < 1.29 is 13.2 Å². The van der Waals surface area contributed by atoms with Crippen molar-refractivity contribution in [3.63, 3.8) is 0 Å². The first-order chi connectivity index (χ1) is 7.78. The summed E-state index contributed by atoms with van der Waals surface area (Å²) in [6, 6.07) is 0.859. The molecule has 0 aromatic rings. The predicted octanol–water partition coefficient (Wildman–Crippen LogP) is 1.21. The minimum Gasteiger partial charge on any atom is -0.376 e. The molecule has 1 rings (SSSR count). The number of piperidine rings is 1. The van der Waals surface area contributed by atoms with Gasteiger partial charge in [-0.2, -0.15) is 0 Å². The SMILES string of the molecule is C[C@H]1CC([C@H](C)OCCS(C)(=O)=O)N[C@H](C)C1. The van der Waals surface area contributed by atoms with E-state index in [0.29, 0.717) is 24.6 Å². The van der Waals surface area contributed by atoms with Crippen LogP contribution in [-0.4, -0.2) is 45.2 Å². The standard InChI is InChI=1S/C12H25NO3S/c1-9-7-10(2)13-12(8-9)11(3)16-5-6-17(4,14)15/h9-13H,5-8H2,1-4H3/t9-,10-,11+,12?/m1/s1. The van der Waals surface area contributed by atoms with Gasteiger partial charge in [0.15, 0.2) is 0 Å². The van der Waals surface area contributed by atoms with Crippen molar-refractivity contribution in [2.45, 2.75) is 51.8 Å². The quantitative estimate of drug-likeness (QED) is 0.810. The van der Waals surface area contributed by atoms with Crippen LogP contribution in [0.25, 0.3) is 0 Å². The van der Waals surface area contributed by atoms with Gasteiger partial charge in [-0.15, -0.1) is 0 Å². The summed E-state index contributed by atoms with van der Waals surface area (Å²) in [5, 5.41) is 3.52. The van der Waals surface area contributed by atoms with Crippen LogP contribution in [0.3, 0.4) is 0 Å². The molecule has 1 unspecified atom stereocenters. The fourth-order valence-electron chi connectivity index (χ4n) is 2.46. The van der Waals surface area contributed by atoms with Crippen molar-refractivity contribution in [2.24, 2.45) is 5.92 Å². The molecule has 17 heavy (non-hydrogen) atoms. The molecule has 0 aromatic heterocycles. The van der Waals surface area contributed by atoms with Crippen LogP contribution in [-0.2, 0) is 14.6 Å². The zero-order valence-corrected chi connectivity index (χ0v) is 12.1. The molecule has 0 bridgehead atoms. The van der Waals surface area contributed by atoms with E-state index in [9.17, 15) is 8.42 Å². The van der Waals surface area contributed by atoms with E-state index >= 15 is 0 Å². The van der Waals surface area contributed by atoms with Crippen LogP contribution in [0.5, 0.6) is 0 Å².